The number of halogens is 1. The molecule has 0 heterocycles. The molecule has 1 amide bonds. The zero-order chi connectivity index (χ0) is 15.4. The summed E-state index contributed by atoms with van der Waals surface area (Å²) >= 11 is 5.23. The largest absolute Gasteiger partial charge is 0.326 e. The molecule has 0 radical (unpaired) electrons. The lowest BCUT2D eigenvalue weighted by Crippen LogP contribution is -2.05. The zero-order valence-electron chi connectivity index (χ0n) is 11.9. The second kappa shape index (κ2) is 7.11. The fourth-order valence-electron chi connectivity index (χ4n) is 1.89. The van der Waals surface area contributed by atoms with E-state index in [-0.39, 0.29) is 11.9 Å². The minimum atomic E-state index is -0.0640. The fraction of sp³-hybridized carbons (Fsp3) is 0.188. The molecular formula is C16H17BrN2OS. The summed E-state index contributed by atoms with van der Waals surface area (Å²) < 4.78 is 1.03. The van der Waals surface area contributed by atoms with E-state index in [4.69, 9.17) is 5.73 Å². The molecule has 3 nitrogen and oxygen atoms in total. The summed E-state index contributed by atoms with van der Waals surface area (Å²) in [5, 5.41) is 2.76. The number of hydrogen-bond acceptors (Lipinski definition) is 3. The predicted octanol–water partition coefficient (Wildman–Crippen LogP) is 4.58. The second-order valence-corrected chi connectivity index (χ2v) is 6.78. The number of carbonyl (C=O) groups excluding carboxylic acids is 1. The van der Waals surface area contributed by atoms with E-state index < -0.39 is 0 Å². The minimum absolute atomic E-state index is 0.00960. The van der Waals surface area contributed by atoms with Crippen molar-refractivity contribution in [3.8, 4) is 0 Å². The average molecular weight is 365 g/mol. The number of carbonyl (C=O) groups is 1. The van der Waals surface area contributed by atoms with Gasteiger partial charge in [0.1, 0.15) is 0 Å². The first-order valence-electron chi connectivity index (χ1n) is 6.56. The Labute approximate surface area is 137 Å². The Balaban J connectivity index is 2.11. The lowest BCUT2D eigenvalue weighted by Gasteiger charge is -2.10. The van der Waals surface area contributed by atoms with Crippen LogP contribution >= 0.6 is 27.7 Å². The number of rotatable bonds is 4. The number of nitrogens with two attached hydrogens (primary N) is 1. The van der Waals surface area contributed by atoms with Crippen LogP contribution < -0.4 is 11.1 Å². The Bertz CT molecular complexity index is 641. The molecule has 5 heteroatoms. The Morgan fingerprint density at radius 1 is 1.19 bits per heavy atom. The summed E-state index contributed by atoms with van der Waals surface area (Å²) in [5.41, 5.74) is 7.81. The predicted molar refractivity (Wildman–Crippen MR) is 91.6 cm³/mol. The molecule has 1 unspecified atom stereocenters. The third-order valence-corrected chi connectivity index (χ3v) is 4.56. The Kier molecular flexibility index (Phi) is 5.45. The third-order valence-electron chi connectivity index (χ3n) is 2.87. The van der Waals surface area contributed by atoms with Crippen molar-refractivity contribution in [1.29, 1.82) is 0 Å². The normalized spacial score (nSPS) is 12.0. The van der Waals surface area contributed by atoms with Gasteiger partial charge in [-0.15, -0.1) is 0 Å². The highest BCUT2D eigenvalue weighted by molar-refractivity contribution is 9.10. The molecule has 3 N–H and O–H groups in total. The van der Waals surface area contributed by atoms with Gasteiger partial charge in [-0.25, -0.2) is 0 Å². The summed E-state index contributed by atoms with van der Waals surface area (Å²) in [6.07, 6.45) is 0. The maximum absolute atomic E-state index is 11.0. The summed E-state index contributed by atoms with van der Waals surface area (Å²) in [5.74, 6) is -0.0640. The van der Waals surface area contributed by atoms with E-state index >= 15 is 0 Å². The van der Waals surface area contributed by atoms with Gasteiger partial charge < -0.3 is 11.1 Å². The average Bonchev–Trinajstić information content (AvgIpc) is 2.40. The molecule has 2 rings (SSSR count). The Hall–Kier alpha value is -1.30. The van der Waals surface area contributed by atoms with E-state index in [9.17, 15) is 4.79 Å². The van der Waals surface area contributed by atoms with Crippen LogP contribution in [0.2, 0.25) is 0 Å². The number of benzene rings is 2. The molecular weight excluding hydrogens is 348 g/mol. The molecule has 0 aliphatic carbocycles. The van der Waals surface area contributed by atoms with Crippen molar-refractivity contribution in [3.05, 3.63) is 52.5 Å². The van der Waals surface area contributed by atoms with Crippen LogP contribution in [0.3, 0.4) is 0 Å². The van der Waals surface area contributed by atoms with Gasteiger partial charge in [0.05, 0.1) is 0 Å². The van der Waals surface area contributed by atoms with E-state index in [2.05, 4.69) is 33.4 Å². The van der Waals surface area contributed by atoms with Crippen LogP contribution in [0.5, 0.6) is 0 Å². The second-order valence-electron chi connectivity index (χ2n) is 4.78. The molecule has 0 fully saturated rings. The van der Waals surface area contributed by atoms with Crippen molar-refractivity contribution in [3.63, 3.8) is 0 Å². The highest BCUT2D eigenvalue weighted by atomic mass is 79.9. The quantitative estimate of drug-likeness (QED) is 0.834. The van der Waals surface area contributed by atoms with Gasteiger partial charge in [0.2, 0.25) is 5.91 Å². The maximum Gasteiger partial charge on any atom is 0.221 e. The van der Waals surface area contributed by atoms with Crippen LogP contribution in [0, 0.1) is 0 Å². The molecule has 2 aromatic carbocycles. The molecule has 1 atom stereocenters. The van der Waals surface area contributed by atoms with Crippen LogP contribution in [0.4, 0.5) is 5.69 Å². The van der Waals surface area contributed by atoms with Gasteiger partial charge in [0, 0.05) is 32.9 Å². The van der Waals surface area contributed by atoms with Crippen molar-refractivity contribution in [1.82, 2.24) is 0 Å². The molecule has 0 saturated heterocycles. The fourth-order valence-corrected chi connectivity index (χ4v) is 3.63. The lowest BCUT2D eigenvalue weighted by atomic mass is 10.1. The molecule has 0 saturated carbocycles. The van der Waals surface area contributed by atoms with E-state index in [1.165, 1.54) is 6.92 Å². The van der Waals surface area contributed by atoms with Crippen molar-refractivity contribution in [2.24, 2.45) is 5.73 Å². The molecule has 0 spiro atoms. The van der Waals surface area contributed by atoms with Crippen molar-refractivity contribution in [2.75, 3.05) is 5.32 Å². The number of anilines is 1. The highest BCUT2D eigenvalue weighted by Gasteiger charge is 2.06. The Morgan fingerprint density at radius 3 is 2.33 bits per heavy atom. The van der Waals surface area contributed by atoms with Crippen LogP contribution in [-0.4, -0.2) is 5.91 Å². The van der Waals surface area contributed by atoms with Crippen LogP contribution in [-0.2, 0) is 4.79 Å². The van der Waals surface area contributed by atoms with Crippen molar-refractivity contribution >= 4 is 39.3 Å². The number of hydrogen-bond donors (Lipinski definition) is 2. The maximum atomic E-state index is 11.0. The molecule has 110 valence electrons. The summed E-state index contributed by atoms with van der Waals surface area (Å²) in [4.78, 5) is 13.2. The van der Waals surface area contributed by atoms with Crippen molar-refractivity contribution in [2.45, 2.75) is 29.7 Å². The summed E-state index contributed by atoms with van der Waals surface area (Å²) in [6, 6.07) is 14.0. The first kappa shape index (κ1) is 16.1. The van der Waals surface area contributed by atoms with Crippen LogP contribution in [0.1, 0.15) is 25.5 Å². The molecule has 0 aliphatic heterocycles. The molecule has 0 aliphatic rings. The number of nitrogens with one attached hydrogen (secondary N) is 1. The standard InChI is InChI=1S/C16H17BrN2OS/c1-10(18)15-8-7-14(9-16(15)17)21-13-5-3-12(4-6-13)19-11(2)20/h3-10H,18H2,1-2H3,(H,19,20). The minimum Gasteiger partial charge on any atom is -0.326 e. The first-order chi connectivity index (χ1) is 9.95. The van der Waals surface area contributed by atoms with E-state index in [0.717, 1.165) is 25.5 Å². The van der Waals surface area contributed by atoms with Gasteiger partial charge in [0.15, 0.2) is 0 Å². The highest BCUT2D eigenvalue weighted by Crippen LogP contribution is 2.32. The molecule has 2 aromatic rings. The van der Waals surface area contributed by atoms with Gasteiger partial charge >= 0.3 is 0 Å². The van der Waals surface area contributed by atoms with Gasteiger partial charge in [-0.2, -0.15) is 0 Å². The molecule has 21 heavy (non-hydrogen) atoms. The van der Waals surface area contributed by atoms with E-state index in [1.807, 2.05) is 37.3 Å². The Morgan fingerprint density at radius 2 is 1.81 bits per heavy atom. The van der Waals surface area contributed by atoms with Crippen molar-refractivity contribution < 1.29 is 4.79 Å². The molecule has 0 bridgehead atoms. The third kappa shape index (κ3) is 4.59. The SMILES string of the molecule is CC(=O)Nc1ccc(Sc2ccc(C(C)N)c(Br)c2)cc1. The monoisotopic (exact) mass is 364 g/mol. The lowest BCUT2D eigenvalue weighted by molar-refractivity contribution is -0.114. The van der Waals surface area contributed by atoms with Gasteiger partial charge in [-0.3, -0.25) is 4.79 Å². The van der Waals surface area contributed by atoms with E-state index in [1.54, 1.807) is 11.8 Å². The van der Waals surface area contributed by atoms with E-state index in [0.29, 0.717) is 0 Å². The topological polar surface area (TPSA) is 55.1 Å². The summed E-state index contributed by atoms with van der Waals surface area (Å²) in [7, 11) is 0. The summed E-state index contributed by atoms with van der Waals surface area (Å²) in [6.45, 7) is 3.47. The smallest absolute Gasteiger partial charge is 0.221 e. The van der Waals surface area contributed by atoms with Crippen LogP contribution in [0.25, 0.3) is 0 Å². The van der Waals surface area contributed by atoms with Gasteiger partial charge in [-0.05, 0) is 48.9 Å². The van der Waals surface area contributed by atoms with Gasteiger partial charge in [0.25, 0.3) is 0 Å². The van der Waals surface area contributed by atoms with Gasteiger partial charge in [-0.1, -0.05) is 33.8 Å². The number of amides is 1. The molecule has 0 aromatic heterocycles. The zero-order valence-corrected chi connectivity index (χ0v) is 14.3. The first-order valence-corrected chi connectivity index (χ1v) is 8.17. The van der Waals surface area contributed by atoms with Crippen LogP contribution in [0.15, 0.2) is 56.7 Å².